The number of aliphatic carboxylic acids is 1. The smallest absolute Gasteiger partial charge is 0.323 e. The number of hydrogen-bond donors (Lipinski definition) is 1. The lowest BCUT2D eigenvalue weighted by atomic mass is 10.3. The van der Waals surface area contributed by atoms with Crippen molar-refractivity contribution < 1.29 is 14.7 Å². The predicted molar refractivity (Wildman–Crippen MR) is 70.0 cm³/mol. The number of rotatable bonds is 6. The van der Waals surface area contributed by atoms with Gasteiger partial charge in [0.25, 0.3) is 5.91 Å². The van der Waals surface area contributed by atoms with Crippen molar-refractivity contribution in [2.24, 2.45) is 7.05 Å². The number of carboxylic acids is 1. The lowest BCUT2D eigenvalue weighted by Crippen LogP contribution is -2.40. The zero-order valence-electron chi connectivity index (χ0n) is 11.8. The van der Waals surface area contributed by atoms with Gasteiger partial charge in [0.15, 0.2) is 0 Å². The molecule has 0 radical (unpaired) electrons. The summed E-state index contributed by atoms with van der Waals surface area (Å²) < 4.78 is 1.47. The van der Waals surface area contributed by atoms with Crippen molar-refractivity contribution >= 4 is 11.9 Å². The van der Waals surface area contributed by atoms with Crippen LogP contribution in [-0.2, 0) is 11.8 Å². The standard InChI is InChI=1S/C12H20N4O3/c1-9-7-10(15(4)13-9)12(19)16(8-11(17)18)6-5-14(2)3/h7H,5-6,8H2,1-4H3,(H,17,18). The maximum absolute atomic E-state index is 12.3. The molecule has 7 heteroatoms. The van der Waals surface area contributed by atoms with Crippen LogP contribution in [0.25, 0.3) is 0 Å². The summed E-state index contributed by atoms with van der Waals surface area (Å²) in [5.74, 6) is -1.33. The Balaban J connectivity index is 2.87. The Kier molecular flexibility index (Phi) is 5.05. The van der Waals surface area contributed by atoms with Crippen LogP contribution in [0, 0.1) is 6.92 Å². The van der Waals surface area contributed by atoms with E-state index in [-0.39, 0.29) is 12.5 Å². The number of carboxylic acid groups (broad SMARTS) is 1. The number of amides is 1. The summed E-state index contributed by atoms with van der Waals surface area (Å²) in [4.78, 5) is 26.4. The highest BCUT2D eigenvalue weighted by molar-refractivity contribution is 5.94. The SMILES string of the molecule is Cc1cc(C(=O)N(CCN(C)C)CC(=O)O)n(C)n1. The van der Waals surface area contributed by atoms with E-state index in [1.54, 1.807) is 20.0 Å². The van der Waals surface area contributed by atoms with Crippen molar-refractivity contribution in [3.8, 4) is 0 Å². The van der Waals surface area contributed by atoms with E-state index in [9.17, 15) is 9.59 Å². The van der Waals surface area contributed by atoms with Crippen LogP contribution in [0.3, 0.4) is 0 Å². The Morgan fingerprint density at radius 3 is 2.42 bits per heavy atom. The molecular formula is C12H20N4O3. The lowest BCUT2D eigenvalue weighted by molar-refractivity contribution is -0.137. The van der Waals surface area contributed by atoms with Crippen LogP contribution in [0.5, 0.6) is 0 Å². The summed E-state index contributed by atoms with van der Waals surface area (Å²) in [5.41, 5.74) is 1.13. The molecule has 0 aliphatic carbocycles. The molecule has 0 unspecified atom stereocenters. The van der Waals surface area contributed by atoms with E-state index in [0.29, 0.717) is 18.8 Å². The van der Waals surface area contributed by atoms with Crippen LogP contribution in [-0.4, -0.2) is 70.3 Å². The van der Waals surface area contributed by atoms with Crippen molar-refractivity contribution in [1.82, 2.24) is 19.6 Å². The second kappa shape index (κ2) is 6.33. The second-order valence-electron chi connectivity index (χ2n) is 4.72. The fourth-order valence-electron chi connectivity index (χ4n) is 1.71. The number of carbonyl (C=O) groups excluding carboxylic acids is 1. The van der Waals surface area contributed by atoms with Crippen LogP contribution in [0.2, 0.25) is 0 Å². The summed E-state index contributed by atoms with van der Waals surface area (Å²) in [6, 6.07) is 1.66. The highest BCUT2D eigenvalue weighted by Gasteiger charge is 2.21. The Bertz CT molecular complexity index is 468. The molecule has 0 bridgehead atoms. The molecular weight excluding hydrogens is 248 g/mol. The van der Waals surface area contributed by atoms with Gasteiger partial charge in [-0.05, 0) is 27.1 Å². The third-order valence-corrected chi connectivity index (χ3v) is 2.65. The Morgan fingerprint density at radius 1 is 1.37 bits per heavy atom. The molecule has 0 saturated carbocycles. The van der Waals surface area contributed by atoms with E-state index in [4.69, 9.17) is 5.11 Å². The van der Waals surface area contributed by atoms with Gasteiger partial charge in [-0.3, -0.25) is 14.3 Å². The molecule has 0 aromatic carbocycles. The topological polar surface area (TPSA) is 78.7 Å². The van der Waals surface area contributed by atoms with Crippen LogP contribution in [0.4, 0.5) is 0 Å². The molecule has 19 heavy (non-hydrogen) atoms. The number of aryl methyl sites for hydroxylation is 2. The van der Waals surface area contributed by atoms with Gasteiger partial charge < -0.3 is 14.9 Å². The van der Waals surface area contributed by atoms with E-state index >= 15 is 0 Å². The zero-order chi connectivity index (χ0) is 14.6. The van der Waals surface area contributed by atoms with Gasteiger partial charge in [-0.2, -0.15) is 5.10 Å². The van der Waals surface area contributed by atoms with E-state index < -0.39 is 5.97 Å². The predicted octanol–water partition coefficient (Wildman–Crippen LogP) is -0.183. The first-order chi connectivity index (χ1) is 8.81. The van der Waals surface area contributed by atoms with Crippen LogP contribution >= 0.6 is 0 Å². The quantitative estimate of drug-likeness (QED) is 0.774. The van der Waals surface area contributed by atoms with Gasteiger partial charge in [0.05, 0.1) is 5.69 Å². The summed E-state index contributed by atoms with van der Waals surface area (Å²) in [6.45, 7) is 2.45. The summed E-state index contributed by atoms with van der Waals surface area (Å²) >= 11 is 0. The van der Waals surface area contributed by atoms with Gasteiger partial charge >= 0.3 is 5.97 Å². The third-order valence-electron chi connectivity index (χ3n) is 2.65. The zero-order valence-corrected chi connectivity index (χ0v) is 11.8. The number of carbonyl (C=O) groups is 2. The van der Waals surface area contributed by atoms with Crippen molar-refractivity contribution in [1.29, 1.82) is 0 Å². The Morgan fingerprint density at radius 2 is 2.00 bits per heavy atom. The molecule has 1 amide bonds. The van der Waals surface area contributed by atoms with E-state index in [2.05, 4.69) is 5.10 Å². The molecule has 0 spiro atoms. The molecule has 7 nitrogen and oxygen atoms in total. The van der Waals surface area contributed by atoms with Crippen molar-refractivity contribution in [2.45, 2.75) is 6.92 Å². The van der Waals surface area contributed by atoms with Gasteiger partial charge in [-0.1, -0.05) is 0 Å². The van der Waals surface area contributed by atoms with Gasteiger partial charge in [0.2, 0.25) is 0 Å². The number of nitrogens with zero attached hydrogens (tertiary/aromatic N) is 4. The molecule has 0 atom stereocenters. The van der Waals surface area contributed by atoms with Crippen LogP contribution in [0.15, 0.2) is 6.07 Å². The molecule has 0 saturated heterocycles. The minimum atomic E-state index is -1.02. The highest BCUT2D eigenvalue weighted by Crippen LogP contribution is 2.06. The van der Waals surface area contributed by atoms with E-state index in [0.717, 1.165) is 5.69 Å². The molecule has 1 rings (SSSR count). The molecule has 1 N–H and O–H groups in total. The van der Waals surface area contributed by atoms with Crippen LogP contribution in [0.1, 0.15) is 16.2 Å². The molecule has 106 valence electrons. The van der Waals surface area contributed by atoms with Crippen molar-refractivity contribution in [3.63, 3.8) is 0 Å². The molecule has 0 aliphatic heterocycles. The van der Waals surface area contributed by atoms with Gasteiger partial charge in [-0.25, -0.2) is 0 Å². The minimum absolute atomic E-state index is 0.309. The normalized spacial score (nSPS) is 10.8. The molecule has 0 fully saturated rings. The first-order valence-corrected chi connectivity index (χ1v) is 5.97. The average Bonchev–Trinajstić information content (AvgIpc) is 2.62. The molecule has 0 aliphatic rings. The second-order valence-corrected chi connectivity index (χ2v) is 4.72. The van der Waals surface area contributed by atoms with Crippen LogP contribution < -0.4 is 0 Å². The molecule has 1 aromatic rings. The van der Waals surface area contributed by atoms with E-state index in [1.807, 2.05) is 19.0 Å². The fourth-order valence-corrected chi connectivity index (χ4v) is 1.71. The van der Waals surface area contributed by atoms with Gasteiger partial charge in [-0.15, -0.1) is 0 Å². The average molecular weight is 268 g/mol. The fraction of sp³-hybridized carbons (Fsp3) is 0.583. The van der Waals surface area contributed by atoms with Gasteiger partial charge in [0.1, 0.15) is 12.2 Å². The molecule has 1 aromatic heterocycles. The maximum atomic E-state index is 12.3. The minimum Gasteiger partial charge on any atom is -0.480 e. The van der Waals surface area contributed by atoms with Crippen molar-refractivity contribution in [2.75, 3.05) is 33.7 Å². The largest absolute Gasteiger partial charge is 0.480 e. The number of likely N-dealkylation sites (N-methyl/N-ethyl adjacent to an activating group) is 1. The number of hydrogen-bond acceptors (Lipinski definition) is 4. The van der Waals surface area contributed by atoms with E-state index in [1.165, 1.54) is 9.58 Å². The van der Waals surface area contributed by atoms with Crippen molar-refractivity contribution in [3.05, 3.63) is 17.5 Å². The summed E-state index contributed by atoms with van der Waals surface area (Å²) in [5, 5.41) is 13.0. The summed E-state index contributed by atoms with van der Waals surface area (Å²) in [6.07, 6.45) is 0. The maximum Gasteiger partial charge on any atom is 0.323 e. The number of aromatic nitrogens is 2. The monoisotopic (exact) mass is 268 g/mol. The molecule has 1 heterocycles. The Hall–Kier alpha value is -1.89. The third kappa shape index (κ3) is 4.36. The first kappa shape index (κ1) is 15.2. The first-order valence-electron chi connectivity index (χ1n) is 5.97. The van der Waals surface area contributed by atoms with Gasteiger partial charge in [0, 0.05) is 20.1 Å². The summed E-state index contributed by atoms with van der Waals surface area (Å²) in [7, 11) is 5.42. The Labute approximate surface area is 112 Å². The highest BCUT2D eigenvalue weighted by atomic mass is 16.4. The lowest BCUT2D eigenvalue weighted by Gasteiger charge is -2.22.